The topological polar surface area (TPSA) is 99.3 Å². The quantitative estimate of drug-likeness (QED) is 0.363. The molecule has 4 amide bonds. The van der Waals surface area contributed by atoms with E-state index < -0.39 is 71.7 Å². The maximum Gasteiger partial charge on any atom is 0.417 e. The number of nitrogens with zero attached hydrogens (tertiary/aromatic N) is 3. The number of halogens is 5. The fraction of sp³-hybridized carbons (Fsp3) is 0.290. The van der Waals surface area contributed by atoms with Crippen LogP contribution in [0.4, 0.5) is 27.6 Å². The number of carbonyl (C=O) groups excluding carboxylic acids is 4. The van der Waals surface area contributed by atoms with Crippen LogP contribution in [0, 0.1) is 11.6 Å². The molecule has 0 aromatic heterocycles. The van der Waals surface area contributed by atoms with Gasteiger partial charge in [0, 0.05) is 38.3 Å². The third-order valence-corrected chi connectivity index (χ3v) is 7.19. The number of amides is 4. The van der Waals surface area contributed by atoms with E-state index in [0.717, 1.165) is 40.1 Å². The molecular formula is C31H29F5N4O5. The van der Waals surface area contributed by atoms with Gasteiger partial charge in [0.2, 0.25) is 17.7 Å². The Labute approximate surface area is 255 Å². The van der Waals surface area contributed by atoms with E-state index in [1.165, 1.54) is 25.1 Å². The van der Waals surface area contributed by atoms with Crippen molar-refractivity contribution < 1.29 is 45.9 Å². The van der Waals surface area contributed by atoms with E-state index in [0.29, 0.717) is 17.5 Å². The molecule has 9 nitrogen and oxygen atoms in total. The van der Waals surface area contributed by atoms with Crippen LogP contribution in [0.25, 0.3) is 0 Å². The maximum atomic E-state index is 13.9. The number of alkyl halides is 3. The normalized spacial score (nSPS) is 14.2. The number of hydrogen-bond acceptors (Lipinski definition) is 5. The second-order valence-electron chi connectivity index (χ2n) is 10.3. The SMILES string of the molecule is COc1ccc(N(C)C(=O)[C@H](Cc2cc(F)cc(F)c2)NC(=O)CN2CCN(C(=O)c3ccccc3C(F)(F)F)CC2=O)cc1. The van der Waals surface area contributed by atoms with E-state index in [2.05, 4.69) is 5.32 Å². The molecule has 45 heavy (non-hydrogen) atoms. The van der Waals surface area contributed by atoms with Gasteiger partial charge in [-0.15, -0.1) is 0 Å². The van der Waals surface area contributed by atoms with Crippen molar-refractivity contribution in [3.63, 3.8) is 0 Å². The second-order valence-corrected chi connectivity index (χ2v) is 10.3. The van der Waals surface area contributed by atoms with Crippen LogP contribution in [0.3, 0.4) is 0 Å². The predicted molar refractivity (Wildman–Crippen MR) is 152 cm³/mol. The summed E-state index contributed by atoms with van der Waals surface area (Å²) in [4.78, 5) is 55.6. The first kappa shape index (κ1) is 32.9. The average Bonchev–Trinajstić information content (AvgIpc) is 2.99. The van der Waals surface area contributed by atoms with Gasteiger partial charge in [-0.25, -0.2) is 8.78 Å². The highest BCUT2D eigenvalue weighted by molar-refractivity contribution is 6.00. The van der Waals surface area contributed by atoms with Crippen LogP contribution < -0.4 is 15.0 Å². The Morgan fingerprint density at radius 2 is 1.62 bits per heavy atom. The zero-order valence-corrected chi connectivity index (χ0v) is 24.2. The van der Waals surface area contributed by atoms with Gasteiger partial charge in [0.05, 0.1) is 24.8 Å². The Morgan fingerprint density at radius 3 is 2.22 bits per heavy atom. The number of ether oxygens (including phenoxy) is 1. The summed E-state index contributed by atoms with van der Waals surface area (Å²) in [6, 6.07) is 12.1. The lowest BCUT2D eigenvalue weighted by molar-refractivity contribution is -0.140. The molecule has 1 atom stereocenters. The molecule has 1 aliphatic rings. The Morgan fingerprint density at radius 1 is 0.978 bits per heavy atom. The summed E-state index contributed by atoms with van der Waals surface area (Å²) >= 11 is 0. The van der Waals surface area contributed by atoms with E-state index in [1.54, 1.807) is 24.3 Å². The lowest BCUT2D eigenvalue weighted by Gasteiger charge is -2.34. The molecule has 0 spiro atoms. The van der Waals surface area contributed by atoms with Crippen LogP contribution in [0.2, 0.25) is 0 Å². The molecule has 1 N–H and O–H groups in total. The Balaban J connectivity index is 1.45. The minimum absolute atomic E-state index is 0.0941. The molecule has 1 fully saturated rings. The van der Waals surface area contributed by atoms with E-state index in [4.69, 9.17) is 4.74 Å². The Bertz CT molecular complexity index is 1560. The summed E-state index contributed by atoms with van der Waals surface area (Å²) in [5, 5.41) is 2.53. The van der Waals surface area contributed by atoms with Crippen molar-refractivity contribution in [1.82, 2.24) is 15.1 Å². The number of nitrogens with one attached hydrogen (secondary N) is 1. The number of rotatable bonds is 9. The molecule has 1 saturated heterocycles. The molecule has 1 heterocycles. The zero-order chi connectivity index (χ0) is 32.9. The van der Waals surface area contributed by atoms with Crippen molar-refractivity contribution in [2.75, 3.05) is 45.2 Å². The number of carbonyl (C=O) groups is 4. The predicted octanol–water partition coefficient (Wildman–Crippen LogP) is 3.67. The number of anilines is 1. The van der Waals surface area contributed by atoms with Gasteiger partial charge in [-0.05, 0) is 54.1 Å². The average molecular weight is 633 g/mol. The monoisotopic (exact) mass is 632 g/mol. The largest absolute Gasteiger partial charge is 0.497 e. The van der Waals surface area contributed by atoms with Crippen molar-refractivity contribution in [2.45, 2.75) is 18.6 Å². The molecule has 0 radical (unpaired) electrons. The lowest BCUT2D eigenvalue weighted by Crippen LogP contribution is -2.56. The molecule has 0 unspecified atom stereocenters. The lowest BCUT2D eigenvalue weighted by atomic mass is 10.0. The van der Waals surface area contributed by atoms with Gasteiger partial charge in [0.1, 0.15) is 30.0 Å². The summed E-state index contributed by atoms with van der Waals surface area (Å²) in [6.45, 7) is -1.40. The van der Waals surface area contributed by atoms with Crippen molar-refractivity contribution in [2.24, 2.45) is 0 Å². The van der Waals surface area contributed by atoms with Crippen molar-refractivity contribution in [3.8, 4) is 5.75 Å². The summed E-state index contributed by atoms with van der Waals surface area (Å²) < 4.78 is 73.2. The van der Waals surface area contributed by atoms with E-state index in [-0.39, 0.29) is 25.1 Å². The first-order chi connectivity index (χ1) is 21.3. The fourth-order valence-corrected chi connectivity index (χ4v) is 4.88. The van der Waals surface area contributed by atoms with Gasteiger partial charge in [-0.2, -0.15) is 13.2 Å². The molecule has 238 valence electrons. The zero-order valence-electron chi connectivity index (χ0n) is 24.2. The first-order valence-corrected chi connectivity index (χ1v) is 13.7. The standard InChI is InChI=1S/C31H29F5N4O5/c1-38(22-7-9-23(45-2)10-8-22)30(44)26(15-19-13-20(32)16-21(33)14-19)37-27(41)17-39-11-12-40(18-28(39)42)29(43)24-5-3-4-6-25(24)31(34,35)36/h3-10,13-14,16,26H,11-12,15,17-18H2,1-2H3,(H,37,41)/t26-/m0/s1. The smallest absolute Gasteiger partial charge is 0.417 e. The minimum Gasteiger partial charge on any atom is -0.497 e. The summed E-state index contributed by atoms with van der Waals surface area (Å²) in [5.74, 6) is -4.28. The molecular weight excluding hydrogens is 603 g/mol. The van der Waals surface area contributed by atoms with E-state index >= 15 is 0 Å². The molecule has 1 aliphatic heterocycles. The number of likely N-dealkylation sites (N-methyl/N-ethyl adjacent to an activating group) is 1. The highest BCUT2D eigenvalue weighted by atomic mass is 19.4. The van der Waals surface area contributed by atoms with Gasteiger partial charge < -0.3 is 24.8 Å². The highest BCUT2D eigenvalue weighted by Crippen LogP contribution is 2.32. The fourth-order valence-electron chi connectivity index (χ4n) is 4.88. The molecule has 0 aliphatic carbocycles. The molecule has 0 saturated carbocycles. The van der Waals surface area contributed by atoms with Crippen LogP contribution >= 0.6 is 0 Å². The van der Waals surface area contributed by atoms with Crippen LogP contribution in [0.15, 0.2) is 66.7 Å². The van der Waals surface area contributed by atoms with Gasteiger partial charge in [-0.3, -0.25) is 19.2 Å². The number of methoxy groups -OCH3 is 1. The van der Waals surface area contributed by atoms with Crippen LogP contribution in [-0.2, 0) is 27.0 Å². The van der Waals surface area contributed by atoms with Crippen LogP contribution in [0.5, 0.6) is 5.75 Å². The summed E-state index contributed by atoms with van der Waals surface area (Å²) in [5.41, 5.74) is -1.19. The Kier molecular flexibility index (Phi) is 10.0. The Hall–Kier alpha value is -5.01. The highest BCUT2D eigenvalue weighted by Gasteiger charge is 2.37. The van der Waals surface area contributed by atoms with Crippen molar-refractivity contribution in [3.05, 3.63) is 95.1 Å². The number of piperazine rings is 1. The second kappa shape index (κ2) is 13.7. The third kappa shape index (κ3) is 8.13. The van der Waals surface area contributed by atoms with Gasteiger partial charge in [-0.1, -0.05) is 12.1 Å². The van der Waals surface area contributed by atoms with Gasteiger partial charge in [0.25, 0.3) is 5.91 Å². The molecule has 14 heteroatoms. The minimum atomic E-state index is -4.77. The molecule has 3 aromatic carbocycles. The van der Waals surface area contributed by atoms with Gasteiger partial charge >= 0.3 is 6.18 Å². The molecule has 3 aromatic rings. The number of hydrogen-bond donors (Lipinski definition) is 1. The first-order valence-electron chi connectivity index (χ1n) is 13.7. The van der Waals surface area contributed by atoms with Crippen molar-refractivity contribution >= 4 is 29.3 Å². The van der Waals surface area contributed by atoms with Crippen LogP contribution in [0.1, 0.15) is 21.5 Å². The van der Waals surface area contributed by atoms with E-state index in [9.17, 15) is 41.1 Å². The van der Waals surface area contributed by atoms with Crippen molar-refractivity contribution in [1.29, 1.82) is 0 Å². The summed E-state index contributed by atoms with van der Waals surface area (Å²) in [6.07, 6.45) is -5.06. The van der Waals surface area contributed by atoms with E-state index in [1.807, 2.05) is 0 Å². The van der Waals surface area contributed by atoms with Crippen LogP contribution in [-0.4, -0.2) is 79.8 Å². The number of benzene rings is 3. The maximum absolute atomic E-state index is 13.9. The van der Waals surface area contributed by atoms with Gasteiger partial charge in [0.15, 0.2) is 0 Å². The molecule has 0 bridgehead atoms. The molecule has 4 rings (SSSR count). The third-order valence-electron chi connectivity index (χ3n) is 7.19. The summed E-state index contributed by atoms with van der Waals surface area (Å²) in [7, 11) is 2.93.